The van der Waals surface area contributed by atoms with E-state index >= 15 is 0 Å². The largest absolute Gasteiger partial charge is 0.492 e. The summed E-state index contributed by atoms with van der Waals surface area (Å²) in [4.78, 5) is 11.8. The van der Waals surface area contributed by atoms with E-state index in [-0.39, 0.29) is 12.5 Å². The Morgan fingerprint density at radius 1 is 1.05 bits per heavy atom. The third-order valence-electron chi connectivity index (χ3n) is 3.27. The second kappa shape index (κ2) is 8.72. The lowest BCUT2D eigenvalue weighted by Crippen LogP contribution is -2.33. The zero-order valence-corrected chi connectivity index (χ0v) is 12.8. The van der Waals surface area contributed by atoms with Crippen molar-refractivity contribution in [1.82, 2.24) is 5.32 Å². The van der Waals surface area contributed by atoms with Crippen molar-refractivity contribution in [2.24, 2.45) is 0 Å². The molecule has 0 aliphatic heterocycles. The molecule has 4 heteroatoms. The van der Waals surface area contributed by atoms with E-state index in [2.05, 4.69) is 23.6 Å². The van der Waals surface area contributed by atoms with E-state index < -0.39 is 0 Å². The van der Waals surface area contributed by atoms with E-state index in [9.17, 15) is 4.79 Å². The van der Waals surface area contributed by atoms with Crippen molar-refractivity contribution in [1.29, 1.82) is 0 Å². The molecule has 0 unspecified atom stereocenters. The second-order valence-electron chi connectivity index (χ2n) is 4.88. The number of hydrogen-bond acceptors (Lipinski definition) is 3. The maximum Gasteiger partial charge on any atom is 0.239 e. The predicted octanol–water partition coefficient (Wildman–Crippen LogP) is 2.86. The summed E-state index contributed by atoms with van der Waals surface area (Å²) in [6.07, 6.45) is 0.940. The van der Waals surface area contributed by atoms with Crippen molar-refractivity contribution in [3.8, 4) is 5.75 Å². The summed E-state index contributed by atoms with van der Waals surface area (Å²) >= 11 is 0. The second-order valence-corrected chi connectivity index (χ2v) is 4.88. The smallest absolute Gasteiger partial charge is 0.239 e. The van der Waals surface area contributed by atoms with Gasteiger partial charge in [0, 0.05) is 5.69 Å². The first-order valence-corrected chi connectivity index (χ1v) is 7.56. The maximum absolute atomic E-state index is 11.8. The van der Waals surface area contributed by atoms with Gasteiger partial charge in [0.25, 0.3) is 0 Å². The highest BCUT2D eigenvalue weighted by Crippen LogP contribution is 2.14. The zero-order chi connectivity index (χ0) is 15.6. The summed E-state index contributed by atoms with van der Waals surface area (Å²) in [5, 5.41) is 6.00. The first-order chi connectivity index (χ1) is 10.8. The molecule has 116 valence electrons. The highest BCUT2D eigenvalue weighted by molar-refractivity contribution is 5.80. The van der Waals surface area contributed by atoms with Gasteiger partial charge in [0.05, 0.1) is 13.1 Å². The molecule has 0 aliphatic rings. The van der Waals surface area contributed by atoms with Gasteiger partial charge in [0.15, 0.2) is 0 Å². The fraction of sp³-hybridized carbons (Fsp3) is 0.278. The van der Waals surface area contributed by atoms with Crippen LogP contribution in [0.15, 0.2) is 54.6 Å². The lowest BCUT2D eigenvalue weighted by Gasteiger charge is -2.11. The number of para-hydroxylation sites is 2. The van der Waals surface area contributed by atoms with Gasteiger partial charge >= 0.3 is 0 Å². The number of anilines is 1. The van der Waals surface area contributed by atoms with Crippen LogP contribution in [0, 0.1) is 0 Å². The van der Waals surface area contributed by atoms with Crippen LogP contribution in [-0.4, -0.2) is 25.6 Å². The number of amides is 1. The van der Waals surface area contributed by atoms with Crippen LogP contribution in [0.25, 0.3) is 0 Å². The summed E-state index contributed by atoms with van der Waals surface area (Å²) in [6.45, 7) is 3.32. The Hall–Kier alpha value is -2.49. The highest BCUT2D eigenvalue weighted by atomic mass is 16.5. The Labute approximate surface area is 131 Å². The van der Waals surface area contributed by atoms with Gasteiger partial charge in [-0.25, -0.2) is 0 Å². The van der Waals surface area contributed by atoms with E-state index in [0.717, 1.165) is 17.9 Å². The third kappa shape index (κ3) is 5.13. The Morgan fingerprint density at radius 2 is 1.77 bits per heavy atom. The first kappa shape index (κ1) is 15.9. The van der Waals surface area contributed by atoms with E-state index in [1.807, 2.05) is 48.5 Å². The molecule has 22 heavy (non-hydrogen) atoms. The predicted molar refractivity (Wildman–Crippen MR) is 89.3 cm³/mol. The molecule has 2 aromatic rings. The molecule has 0 fully saturated rings. The summed E-state index contributed by atoms with van der Waals surface area (Å²) in [7, 11) is 0. The van der Waals surface area contributed by atoms with Crippen LogP contribution >= 0.6 is 0 Å². The number of hydrogen-bond donors (Lipinski definition) is 2. The van der Waals surface area contributed by atoms with Crippen LogP contribution in [-0.2, 0) is 11.2 Å². The van der Waals surface area contributed by atoms with Crippen molar-refractivity contribution in [3.05, 3.63) is 60.2 Å². The van der Waals surface area contributed by atoms with Gasteiger partial charge < -0.3 is 15.4 Å². The van der Waals surface area contributed by atoms with Crippen LogP contribution in [0.2, 0.25) is 0 Å². The van der Waals surface area contributed by atoms with Crippen molar-refractivity contribution >= 4 is 11.6 Å². The van der Waals surface area contributed by atoms with Crippen molar-refractivity contribution in [3.63, 3.8) is 0 Å². The Balaban J connectivity index is 1.66. The Kier molecular flexibility index (Phi) is 6.30. The highest BCUT2D eigenvalue weighted by Gasteiger charge is 2.03. The molecule has 0 radical (unpaired) electrons. The molecule has 0 aliphatic carbocycles. The average molecular weight is 298 g/mol. The molecule has 0 bridgehead atoms. The van der Waals surface area contributed by atoms with Crippen molar-refractivity contribution in [2.45, 2.75) is 13.3 Å². The van der Waals surface area contributed by atoms with Gasteiger partial charge in [-0.1, -0.05) is 43.3 Å². The SMILES string of the molecule is CCc1ccccc1NCC(=O)NCCOc1ccccc1. The lowest BCUT2D eigenvalue weighted by molar-refractivity contribution is -0.119. The molecule has 0 atom stereocenters. The number of aryl methyl sites for hydroxylation is 1. The topological polar surface area (TPSA) is 50.4 Å². The van der Waals surface area contributed by atoms with E-state index in [4.69, 9.17) is 4.74 Å². The average Bonchev–Trinajstić information content (AvgIpc) is 2.58. The lowest BCUT2D eigenvalue weighted by atomic mass is 10.1. The van der Waals surface area contributed by atoms with Gasteiger partial charge in [-0.15, -0.1) is 0 Å². The third-order valence-corrected chi connectivity index (χ3v) is 3.27. The van der Waals surface area contributed by atoms with Gasteiger partial charge in [-0.2, -0.15) is 0 Å². The molecule has 0 heterocycles. The van der Waals surface area contributed by atoms with Gasteiger partial charge in [-0.3, -0.25) is 4.79 Å². The Morgan fingerprint density at radius 3 is 2.55 bits per heavy atom. The van der Waals surface area contributed by atoms with Gasteiger partial charge in [0.1, 0.15) is 12.4 Å². The normalized spacial score (nSPS) is 10.0. The maximum atomic E-state index is 11.8. The Bertz CT molecular complexity index is 585. The van der Waals surface area contributed by atoms with Crippen LogP contribution < -0.4 is 15.4 Å². The molecule has 0 aromatic heterocycles. The van der Waals surface area contributed by atoms with Gasteiger partial charge in [0.2, 0.25) is 5.91 Å². The quantitative estimate of drug-likeness (QED) is 0.737. The van der Waals surface area contributed by atoms with Crippen molar-refractivity contribution < 1.29 is 9.53 Å². The molecule has 2 rings (SSSR count). The summed E-state index contributed by atoms with van der Waals surface area (Å²) in [5.74, 6) is 0.773. The van der Waals surface area contributed by atoms with Crippen LogP contribution in [0.3, 0.4) is 0 Å². The minimum Gasteiger partial charge on any atom is -0.492 e. The summed E-state index contributed by atoms with van der Waals surface area (Å²) < 4.78 is 5.52. The van der Waals surface area contributed by atoms with Gasteiger partial charge in [-0.05, 0) is 30.2 Å². The molecule has 1 amide bonds. The summed E-state index contributed by atoms with van der Waals surface area (Å²) in [5.41, 5.74) is 2.23. The van der Waals surface area contributed by atoms with Crippen LogP contribution in [0.1, 0.15) is 12.5 Å². The first-order valence-electron chi connectivity index (χ1n) is 7.56. The molecule has 2 N–H and O–H groups in total. The van der Waals surface area contributed by atoms with Crippen LogP contribution in [0.5, 0.6) is 5.75 Å². The number of carbonyl (C=O) groups excluding carboxylic acids is 1. The monoisotopic (exact) mass is 298 g/mol. The molecular weight excluding hydrogens is 276 g/mol. The minimum atomic E-state index is -0.0393. The molecular formula is C18H22N2O2. The molecule has 0 saturated heterocycles. The molecule has 0 spiro atoms. The number of rotatable bonds is 8. The zero-order valence-electron chi connectivity index (χ0n) is 12.8. The van der Waals surface area contributed by atoms with Crippen molar-refractivity contribution in [2.75, 3.05) is 25.0 Å². The molecule has 4 nitrogen and oxygen atoms in total. The van der Waals surface area contributed by atoms with E-state index in [1.54, 1.807) is 0 Å². The minimum absolute atomic E-state index is 0.0393. The molecule has 0 saturated carbocycles. The molecule has 2 aromatic carbocycles. The standard InChI is InChI=1S/C18H22N2O2/c1-2-15-8-6-7-11-17(15)20-14-18(21)19-12-13-22-16-9-4-3-5-10-16/h3-11,20H,2,12-14H2,1H3,(H,19,21). The van der Waals surface area contributed by atoms with E-state index in [1.165, 1.54) is 5.56 Å². The fourth-order valence-corrected chi connectivity index (χ4v) is 2.12. The van der Waals surface area contributed by atoms with E-state index in [0.29, 0.717) is 13.2 Å². The number of ether oxygens (including phenoxy) is 1. The van der Waals surface area contributed by atoms with Crippen LogP contribution in [0.4, 0.5) is 5.69 Å². The fourth-order valence-electron chi connectivity index (χ4n) is 2.12. The number of carbonyl (C=O) groups is 1. The number of benzene rings is 2. The summed E-state index contributed by atoms with van der Waals surface area (Å²) in [6, 6.07) is 17.6. The number of nitrogens with one attached hydrogen (secondary N) is 2.